The van der Waals surface area contributed by atoms with Crippen molar-refractivity contribution in [2.45, 2.75) is 43.6 Å². The van der Waals surface area contributed by atoms with E-state index in [4.69, 9.17) is 15.9 Å². The average Bonchev–Trinajstić information content (AvgIpc) is 2.52. The van der Waals surface area contributed by atoms with Crippen molar-refractivity contribution in [3.05, 3.63) is 11.3 Å². The van der Waals surface area contributed by atoms with Gasteiger partial charge in [0.2, 0.25) is 5.91 Å². The number of hydrogen-bond donors (Lipinski definition) is 5. The lowest BCUT2D eigenvalue weighted by Gasteiger charge is -2.30. The van der Waals surface area contributed by atoms with Gasteiger partial charge in [-0.3, -0.25) is 9.59 Å². The molecule has 1 heterocycles. The number of aliphatic carboxylic acids is 2. The van der Waals surface area contributed by atoms with E-state index in [1.165, 1.54) is 11.8 Å². The second kappa shape index (κ2) is 9.28. The van der Waals surface area contributed by atoms with Crippen molar-refractivity contribution < 1.29 is 29.4 Å². The number of nitrogens with one attached hydrogen (secondary N) is 2. The maximum absolute atomic E-state index is 11.9. The first-order valence-corrected chi connectivity index (χ1v) is 8.35. The molecule has 1 amide bonds. The third kappa shape index (κ3) is 5.85. The molecular formula is C14H21N3O6S. The van der Waals surface area contributed by atoms with Gasteiger partial charge in [0, 0.05) is 12.2 Å². The summed E-state index contributed by atoms with van der Waals surface area (Å²) in [7, 11) is 0. The fraction of sp³-hybridized carbons (Fsp3) is 0.571. The van der Waals surface area contributed by atoms with Crippen molar-refractivity contribution in [1.29, 1.82) is 0 Å². The minimum Gasteiger partial charge on any atom is -0.480 e. The Bertz CT molecular complexity index is 551. The molecule has 0 radical (unpaired) electrons. The van der Waals surface area contributed by atoms with Crippen molar-refractivity contribution in [2.24, 2.45) is 5.73 Å². The van der Waals surface area contributed by atoms with Crippen molar-refractivity contribution in [3.8, 4) is 0 Å². The normalized spacial score (nSPS) is 19.8. The molecule has 0 aromatic heterocycles. The summed E-state index contributed by atoms with van der Waals surface area (Å²) in [5.74, 6) is -2.23. The van der Waals surface area contributed by atoms with Gasteiger partial charge in [0.25, 0.3) is 0 Å². The molecule has 0 aliphatic carbocycles. The standard InChI is InChI=1S/C14H21N3O6S/c1-7-6-24-12(17-11(7)14(22)23)9(5-18)16-10(19)4-2-3-8(15)13(20)21/h5,8-9,12,17H,2-4,6,15H2,1H3,(H,16,19)(H,20,21)(H,22,23)/t8-,9-,12-/m1/s1. The summed E-state index contributed by atoms with van der Waals surface area (Å²) >= 11 is 1.32. The molecule has 0 aromatic carbocycles. The van der Waals surface area contributed by atoms with E-state index in [1.54, 1.807) is 6.92 Å². The number of amides is 1. The monoisotopic (exact) mass is 359 g/mol. The highest BCUT2D eigenvalue weighted by molar-refractivity contribution is 8.00. The quantitative estimate of drug-likeness (QED) is 0.335. The lowest BCUT2D eigenvalue weighted by molar-refractivity contribution is -0.139. The summed E-state index contributed by atoms with van der Waals surface area (Å²) in [6, 6.07) is -1.92. The molecule has 0 unspecified atom stereocenters. The van der Waals surface area contributed by atoms with Gasteiger partial charge in [-0.05, 0) is 25.3 Å². The fourth-order valence-electron chi connectivity index (χ4n) is 2.08. The lowest BCUT2D eigenvalue weighted by Crippen LogP contribution is -2.51. The van der Waals surface area contributed by atoms with Gasteiger partial charge in [-0.2, -0.15) is 0 Å². The van der Waals surface area contributed by atoms with Gasteiger partial charge in [0.1, 0.15) is 29.4 Å². The van der Waals surface area contributed by atoms with Crippen LogP contribution >= 0.6 is 11.8 Å². The van der Waals surface area contributed by atoms with Gasteiger partial charge in [0.05, 0.1) is 0 Å². The van der Waals surface area contributed by atoms with Crippen LogP contribution in [0.3, 0.4) is 0 Å². The molecule has 24 heavy (non-hydrogen) atoms. The molecule has 0 saturated carbocycles. The fourth-order valence-corrected chi connectivity index (χ4v) is 3.19. The van der Waals surface area contributed by atoms with Crippen molar-refractivity contribution >= 4 is 35.9 Å². The number of carboxylic acid groups (broad SMARTS) is 2. The summed E-state index contributed by atoms with van der Waals surface area (Å²) in [6.45, 7) is 1.68. The molecule has 0 spiro atoms. The summed E-state index contributed by atoms with van der Waals surface area (Å²) in [5, 5.41) is 22.5. The Morgan fingerprint density at radius 3 is 2.67 bits per heavy atom. The molecule has 134 valence electrons. The molecule has 6 N–H and O–H groups in total. The Labute approximate surface area is 143 Å². The van der Waals surface area contributed by atoms with E-state index < -0.39 is 35.3 Å². The zero-order chi connectivity index (χ0) is 18.3. The van der Waals surface area contributed by atoms with Gasteiger partial charge in [-0.1, -0.05) is 0 Å². The number of hydrogen-bond acceptors (Lipinski definition) is 7. The first-order chi connectivity index (χ1) is 11.3. The summed E-state index contributed by atoms with van der Waals surface area (Å²) < 4.78 is 0. The second-order valence-corrected chi connectivity index (χ2v) is 6.53. The molecule has 9 nitrogen and oxygen atoms in total. The smallest absolute Gasteiger partial charge is 0.351 e. The predicted molar refractivity (Wildman–Crippen MR) is 87.2 cm³/mol. The molecular weight excluding hydrogens is 338 g/mol. The van der Waals surface area contributed by atoms with Crippen molar-refractivity contribution in [1.82, 2.24) is 10.6 Å². The number of nitrogens with two attached hydrogens (primary N) is 1. The Morgan fingerprint density at radius 2 is 2.12 bits per heavy atom. The molecule has 1 rings (SSSR count). The van der Waals surface area contributed by atoms with E-state index >= 15 is 0 Å². The first-order valence-electron chi connectivity index (χ1n) is 7.30. The first kappa shape index (κ1) is 20.0. The highest BCUT2D eigenvalue weighted by Crippen LogP contribution is 2.23. The SMILES string of the molecule is CC1=C(C(=O)O)N[C@@H]([C@@H](C=O)NC(=O)CCC[C@@H](N)C(=O)O)SC1. The van der Waals surface area contributed by atoms with Gasteiger partial charge < -0.3 is 31.4 Å². The van der Waals surface area contributed by atoms with Gasteiger partial charge in [0.15, 0.2) is 0 Å². The molecule has 1 aliphatic heterocycles. The lowest BCUT2D eigenvalue weighted by atomic mass is 10.1. The number of rotatable bonds is 9. The zero-order valence-corrected chi connectivity index (χ0v) is 14.0. The van der Waals surface area contributed by atoms with E-state index in [-0.39, 0.29) is 25.0 Å². The molecule has 0 fully saturated rings. The summed E-state index contributed by atoms with van der Waals surface area (Å²) in [5.41, 5.74) is 6.03. The van der Waals surface area contributed by atoms with Gasteiger partial charge >= 0.3 is 11.9 Å². The Morgan fingerprint density at radius 1 is 1.46 bits per heavy atom. The molecule has 0 saturated heterocycles. The van der Waals surface area contributed by atoms with E-state index in [9.17, 15) is 19.2 Å². The third-order valence-corrected chi connectivity index (χ3v) is 4.81. The van der Waals surface area contributed by atoms with E-state index in [0.29, 0.717) is 17.6 Å². The minimum absolute atomic E-state index is 0.0311. The molecule has 10 heteroatoms. The summed E-state index contributed by atoms with van der Waals surface area (Å²) in [6.07, 6.45) is 1.00. The van der Waals surface area contributed by atoms with Crippen LogP contribution in [0.25, 0.3) is 0 Å². The summed E-state index contributed by atoms with van der Waals surface area (Å²) in [4.78, 5) is 44.8. The van der Waals surface area contributed by atoms with Crippen LogP contribution in [0.1, 0.15) is 26.2 Å². The Hall–Kier alpha value is -2.07. The molecule has 0 bridgehead atoms. The molecule has 1 aliphatic rings. The highest BCUT2D eigenvalue weighted by atomic mass is 32.2. The Kier molecular flexibility index (Phi) is 7.72. The van der Waals surface area contributed by atoms with E-state index in [1.807, 2.05) is 0 Å². The van der Waals surface area contributed by atoms with Crippen LogP contribution in [-0.4, -0.2) is 57.6 Å². The van der Waals surface area contributed by atoms with Crippen LogP contribution in [0.15, 0.2) is 11.3 Å². The number of carbonyl (C=O) groups excluding carboxylic acids is 2. The maximum atomic E-state index is 11.9. The van der Waals surface area contributed by atoms with E-state index in [2.05, 4.69) is 10.6 Å². The van der Waals surface area contributed by atoms with Crippen LogP contribution in [0.2, 0.25) is 0 Å². The topological polar surface area (TPSA) is 159 Å². The van der Waals surface area contributed by atoms with Crippen molar-refractivity contribution in [3.63, 3.8) is 0 Å². The van der Waals surface area contributed by atoms with Crippen LogP contribution in [0.4, 0.5) is 0 Å². The average molecular weight is 359 g/mol. The highest BCUT2D eigenvalue weighted by Gasteiger charge is 2.29. The number of carbonyl (C=O) groups is 4. The second-order valence-electron chi connectivity index (χ2n) is 5.40. The molecule has 3 atom stereocenters. The van der Waals surface area contributed by atoms with Crippen LogP contribution in [0, 0.1) is 0 Å². The van der Waals surface area contributed by atoms with Gasteiger partial charge in [-0.15, -0.1) is 11.8 Å². The predicted octanol–water partition coefficient (Wildman–Crippen LogP) is -0.727. The third-order valence-electron chi connectivity index (χ3n) is 3.44. The van der Waals surface area contributed by atoms with Crippen molar-refractivity contribution in [2.75, 3.05) is 5.75 Å². The largest absolute Gasteiger partial charge is 0.480 e. The van der Waals surface area contributed by atoms with Crippen LogP contribution < -0.4 is 16.4 Å². The van der Waals surface area contributed by atoms with Crippen LogP contribution in [-0.2, 0) is 19.2 Å². The maximum Gasteiger partial charge on any atom is 0.351 e. The van der Waals surface area contributed by atoms with E-state index in [0.717, 1.165) is 0 Å². The zero-order valence-electron chi connectivity index (χ0n) is 13.2. The number of carboxylic acids is 2. The number of aldehydes is 1. The Balaban J connectivity index is 2.53. The minimum atomic E-state index is -1.13. The number of thioether (sulfide) groups is 1. The van der Waals surface area contributed by atoms with Crippen LogP contribution in [0.5, 0.6) is 0 Å². The van der Waals surface area contributed by atoms with Gasteiger partial charge in [-0.25, -0.2) is 4.79 Å². The molecule has 0 aromatic rings.